The number of hydrogen-bond acceptors (Lipinski definition) is 4. The number of aliphatic hydroxyl groups is 1. The van der Waals surface area contributed by atoms with Gasteiger partial charge in [-0.05, 0) is 20.8 Å². The molecule has 16 heavy (non-hydrogen) atoms. The van der Waals surface area contributed by atoms with Gasteiger partial charge in [0.15, 0.2) is 0 Å². The summed E-state index contributed by atoms with van der Waals surface area (Å²) in [4.78, 5) is 13.4. The molecule has 2 heterocycles. The van der Waals surface area contributed by atoms with Crippen LogP contribution in [0, 0.1) is 6.42 Å². The Bertz CT molecular complexity index is 286. The lowest BCUT2D eigenvalue weighted by atomic mass is 10.1. The number of likely N-dealkylation sites (tertiary alicyclic amines) is 1. The molecular weight excluding hydrogens is 210 g/mol. The molecule has 2 aliphatic heterocycles. The molecule has 0 aromatic rings. The van der Waals surface area contributed by atoms with E-state index in [0.29, 0.717) is 6.61 Å². The second-order valence-electron chi connectivity index (χ2n) is 5.22. The zero-order valence-electron chi connectivity index (χ0n) is 9.84. The van der Waals surface area contributed by atoms with Gasteiger partial charge in [0.05, 0.1) is 25.3 Å². The van der Waals surface area contributed by atoms with Crippen molar-refractivity contribution in [2.75, 3.05) is 13.2 Å². The average molecular weight is 228 g/mol. The quantitative estimate of drug-likeness (QED) is 0.658. The summed E-state index contributed by atoms with van der Waals surface area (Å²) < 4.78 is 10.6. The number of β-amino-alcohol motifs (C(OH)–C–C–N with tert-alkyl or cyclic N) is 1. The van der Waals surface area contributed by atoms with Crippen molar-refractivity contribution in [1.29, 1.82) is 0 Å². The first-order valence-electron chi connectivity index (χ1n) is 5.51. The van der Waals surface area contributed by atoms with Crippen LogP contribution in [-0.2, 0) is 9.47 Å². The van der Waals surface area contributed by atoms with Gasteiger partial charge in [-0.2, -0.15) is 0 Å². The first-order chi connectivity index (χ1) is 7.38. The molecule has 1 N–H and O–H groups in total. The maximum absolute atomic E-state index is 11.9. The third-order valence-electron chi connectivity index (χ3n) is 2.71. The highest BCUT2D eigenvalue weighted by Crippen LogP contribution is 2.29. The zero-order chi connectivity index (χ0) is 11.9. The van der Waals surface area contributed by atoms with Crippen LogP contribution in [0.15, 0.2) is 0 Å². The topological polar surface area (TPSA) is 59.0 Å². The number of nitrogens with zero attached hydrogens (tertiary/aromatic N) is 1. The fourth-order valence-electron chi connectivity index (χ4n) is 2.09. The van der Waals surface area contributed by atoms with E-state index in [0.717, 1.165) is 0 Å². The highest BCUT2D eigenvalue weighted by Gasteiger charge is 2.48. The SMILES string of the molecule is CC(C)(C)OC(=O)N1C[C@@H](O)[C@H]2OC[CH][C@H]21. The second kappa shape index (κ2) is 3.89. The summed E-state index contributed by atoms with van der Waals surface area (Å²) in [5, 5.41) is 9.72. The Kier molecular flexibility index (Phi) is 2.84. The molecule has 0 saturated carbocycles. The highest BCUT2D eigenvalue weighted by molar-refractivity contribution is 5.69. The van der Waals surface area contributed by atoms with E-state index in [4.69, 9.17) is 9.47 Å². The van der Waals surface area contributed by atoms with Gasteiger partial charge in [-0.1, -0.05) is 0 Å². The first kappa shape index (κ1) is 11.7. The van der Waals surface area contributed by atoms with Crippen molar-refractivity contribution in [2.24, 2.45) is 0 Å². The summed E-state index contributed by atoms with van der Waals surface area (Å²) in [6, 6.07) is -0.148. The average Bonchev–Trinajstić information content (AvgIpc) is 2.66. The summed E-state index contributed by atoms with van der Waals surface area (Å²) in [7, 11) is 0. The predicted octanol–water partition coefficient (Wildman–Crippen LogP) is 0.570. The summed E-state index contributed by atoms with van der Waals surface area (Å²) in [5.74, 6) is 0. The van der Waals surface area contributed by atoms with Gasteiger partial charge < -0.3 is 14.6 Å². The van der Waals surface area contributed by atoms with E-state index < -0.39 is 11.7 Å². The minimum atomic E-state index is -0.615. The molecule has 0 aliphatic carbocycles. The standard InChI is InChI=1S/C11H18NO4/c1-11(2,3)16-10(14)12-6-8(13)9-7(12)4-5-15-9/h4,7-9,13H,5-6H2,1-3H3/t7-,8-,9+/m1/s1. The zero-order valence-corrected chi connectivity index (χ0v) is 9.84. The molecule has 5 heteroatoms. The van der Waals surface area contributed by atoms with E-state index in [1.165, 1.54) is 4.90 Å². The highest BCUT2D eigenvalue weighted by atomic mass is 16.6. The van der Waals surface area contributed by atoms with Crippen molar-refractivity contribution in [1.82, 2.24) is 4.90 Å². The largest absolute Gasteiger partial charge is 0.444 e. The van der Waals surface area contributed by atoms with Crippen LogP contribution in [0.4, 0.5) is 4.79 Å². The molecule has 0 bridgehead atoms. The minimum Gasteiger partial charge on any atom is -0.444 e. The molecule has 2 aliphatic rings. The number of carbonyl (C=O) groups is 1. The lowest BCUT2D eigenvalue weighted by Gasteiger charge is -2.27. The molecule has 0 unspecified atom stereocenters. The summed E-state index contributed by atoms with van der Waals surface area (Å²) in [5.41, 5.74) is -0.514. The van der Waals surface area contributed by atoms with Gasteiger partial charge in [0.2, 0.25) is 0 Å². The van der Waals surface area contributed by atoms with Crippen molar-refractivity contribution < 1.29 is 19.4 Å². The van der Waals surface area contributed by atoms with Crippen LogP contribution < -0.4 is 0 Å². The Balaban J connectivity index is 2.02. The third-order valence-corrected chi connectivity index (χ3v) is 2.71. The summed E-state index contributed by atoms with van der Waals surface area (Å²) >= 11 is 0. The van der Waals surface area contributed by atoms with E-state index >= 15 is 0 Å². The molecule has 5 nitrogen and oxygen atoms in total. The minimum absolute atomic E-state index is 0.148. The monoisotopic (exact) mass is 228 g/mol. The molecule has 1 radical (unpaired) electrons. The number of amides is 1. The van der Waals surface area contributed by atoms with Crippen molar-refractivity contribution >= 4 is 6.09 Å². The molecule has 0 spiro atoms. The molecule has 2 saturated heterocycles. The molecular formula is C11H18NO4. The van der Waals surface area contributed by atoms with Crippen molar-refractivity contribution in [2.45, 2.75) is 44.6 Å². The fraction of sp³-hybridized carbons (Fsp3) is 0.818. The molecule has 2 rings (SSSR count). The Hall–Kier alpha value is -0.810. The van der Waals surface area contributed by atoms with Gasteiger partial charge in [-0.15, -0.1) is 0 Å². The van der Waals surface area contributed by atoms with E-state index in [-0.39, 0.29) is 24.8 Å². The fourth-order valence-corrected chi connectivity index (χ4v) is 2.09. The Morgan fingerprint density at radius 2 is 2.25 bits per heavy atom. The van der Waals surface area contributed by atoms with E-state index in [1.54, 1.807) is 0 Å². The Morgan fingerprint density at radius 3 is 2.88 bits per heavy atom. The molecule has 2 fully saturated rings. The van der Waals surface area contributed by atoms with Gasteiger partial charge in [0, 0.05) is 6.42 Å². The van der Waals surface area contributed by atoms with E-state index in [1.807, 2.05) is 27.2 Å². The van der Waals surface area contributed by atoms with Crippen molar-refractivity contribution in [3.8, 4) is 0 Å². The maximum Gasteiger partial charge on any atom is 0.410 e. The Morgan fingerprint density at radius 1 is 1.56 bits per heavy atom. The lowest BCUT2D eigenvalue weighted by molar-refractivity contribution is 0.0190. The Labute approximate surface area is 95.3 Å². The van der Waals surface area contributed by atoms with Crippen LogP contribution in [0.2, 0.25) is 0 Å². The number of rotatable bonds is 0. The van der Waals surface area contributed by atoms with Crippen LogP contribution in [0.3, 0.4) is 0 Å². The van der Waals surface area contributed by atoms with Crippen LogP contribution in [0.25, 0.3) is 0 Å². The van der Waals surface area contributed by atoms with Gasteiger partial charge in [-0.3, -0.25) is 4.90 Å². The molecule has 91 valence electrons. The maximum atomic E-state index is 11.9. The molecule has 0 aromatic carbocycles. The van der Waals surface area contributed by atoms with Crippen LogP contribution >= 0.6 is 0 Å². The number of ether oxygens (including phenoxy) is 2. The number of carbonyl (C=O) groups excluding carboxylic acids is 1. The van der Waals surface area contributed by atoms with Gasteiger partial charge in [-0.25, -0.2) is 4.79 Å². The van der Waals surface area contributed by atoms with Crippen LogP contribution in [-0.4, -0.2) is 53.1 Å². The second-order valence-corrected chi connectivity index (χ2v) is 5.22. The van der Waals surface area contributed by atoms with E-state index in [2.05, 4.69) is 0 Å². The lowest BCUT2D eigenvalue weighted by Crippen LogP contribution is -2.41. The van der Waals surface area contributed by atoms with Gasteiger partial charge >= 0.3 is 6.09 Å². The van der Waals surface area contributed by atoms with Crippen molar-refractivity contribution in [3.63, 3.8) is 0 Å². The summed E-state index contributed by atoms with van der Waals surface area (Å²) in [6.07, 6.45) is 0.606. The normalized spacial score (nSPS) is 34.0. The third kappa shape index (κ3) is 2.15. The van der Waals surface area contributed by atoms with Gasteiger partial charge in [0.1, 0.15) is 11.7 Å². The number of aliphatic hydroxyl groups excluding tert-OH is 1. The molecule has 1 amide bonds. The molecule has 3 atom stereocenters. The predicted molar refractivity (Wildman–Crippen MR) is 56.8 cm³/mol. The number of hydrogen-bond donors (Lipinski definition) is 1. The van der Waals surface area contributed by atoms with Crippen molar-refractivity contribution in [3.05, 3.63) is 6.42 Å². The summed E-state index contributed by atoms with van der Waals surface area (Å²) in [6.45, 7) is 6.23. The van der Waals surface area contributed by atoms with Crippen LogP contribution in [0.1, 0.15) is 20.8 Å². The van der Waals surface area contributed by atoms with E-state index in [9.17, 15) is 9.90 Å². The van der Waals surface area contributed by atoms with Gasteiger partial charge in [0.25, 0.3) is 0 Å². The first-order valence-corrected chi connectivity index (χ1v) is 5.51. The van der Waals surface area contributed by atoms with Crippen LogP contribution in [0.5, 0.6) is 0 Å². The smallest absolute Gasteiger partial charge is 0.410 e. The molecule has 0 aromatic heterocycles. The number of fused-ring (bicyclic) bond motifs is 1.